The van der Waals surface area contributed by atoms with Crippen molar-refractivity contribution in [3.63, 3.8) is 0 Å². The average Bonchev–Trinajstić information content (AvgIpc) is 3.28. The van der Waals surface area contributed by atoms with Crippen LogP contribution in [0.5, 0.6) is 0 Å². The predicted octanol–water partition coefficient (Wildman–Crippen LogP) is 3.38. The molecule has 3 aromatic rings. The van der Waals surface area contributed by atoms with E-state index in [2.05, 4.69) is 44.3 Å². The molecule has 1 unspecified atom stereocenters. The van der Waals surface area contributed by atoms with Gasteiger partial charge in [-0.25, -0.2) is 9.97 Å². The monoisotopic (exact) mass is 373 g/mol. The number of hydrogen-bond acceptors (Lipinski definition) is 6. The third-order valence-corrected chi connectivity index (χ3v) is 6.70. The number of fused-ring (bicyclic) bond motifs is 1. The van der Waals surface area contributed by atoms with Gasteiger partial charge in [-0.2, -0.15) is 0 Å². The van der Waals surface area contributed by atoms with Crippen molar-refractivity contribution in [2.24, 2.45) is 7.05 Å². The van der Waals surface area contributed by atoms with E-state index in [0.29, 0.717) is 6.04 Å². The van der Waals surface area contributed by atoms with Crippen molar-refractivity contribution in [3.05, 3.63) is 36.1 Å². The Balaban J connectivity index is 1.41. The lowest BCUT2D eigenvalue weighted by molar-refractivity contribution is 0.450. The normalized spacial score (nSPS) is 18.1. The standard InChI is InChI=1S/C18H23N5S2/c1-22-9-8-21-18(22)25-11-2-3-14-13-19-7-10-23(14)17-15-5-12-24-16(15)4-6-20-17/h4-6,8-9,12,14,19H,2-3,7,10-11,13H2,1H3. The summed E-state index contributed by atoms with van der Waals surface area (Å²) in [5, 5.41) is 8.11. The van der Waals surface area contributed by atoms with Crippen LogP contribution in [0.15, 0.2) is 41.3 Å². The number of imidazole rings is 1. The van der Waals surface area contributed by atoms with Crippen molar-refractivity contribution >= 4 is 39.0 Å². The molecule has 0 spiro atoms. The molecule has 1 aliphatic heterocycles. The highest BCUT2D eigenvalue weighted by Crippen LogP contribution is 2.31. The highest BCUT2D eigenvalue weighted by atomic mass is 32.2. The molecule has 1 aliphatic rings. The van der Waals surface area contributed by atoms with E-state index in [4.69, 9.17) is 4.98 Å². The van der Waals surface area contributed by atoms with Crippen LogP contribution in [0.4, 0.5) is 5.82 Å². The van der Waals surface area contributed by atoms with Gasteiger partial charge in [0.05, 0.1) is 0 Å². The van der Waals surface area contributed by atoms with E-state index in [1.54, 1.807) is 11.3 Å². The number of aryl methyl sites for hydroxylation is 1. The number of piperazine rings is 1. The van der Waals surface area contributed by atoms with Gasteiger partial charge in [0.1, 0.15) is 5.82 Å². The molecule has 1 atom stereocenters. The SMILES string of the molecule is Cn1ccnc1SCCCC1CNCCN1c1nccc2sccc12. The molecule has 5 nitrogen and oxygen atoms in total. The second-order valence-corrected chi connectivity index (χ2v) is 8.34. The first-order chi connectivity index (χ1) is 12.3. The van der Waals surface area contributed by atoms with Crippen LogP contribution in [0, 0.1) is 0 Å². The Morgan fingerprint density at radius 2 is 2.28 bits per heavy atom. The Labute approximate surface area is 156 Å². The van der Waals surface area contributed by atoms with Gasteiger partial charge in [-0.05, 0) is 30.4 Å². The number of pyridine rings is 1. The minimum absolute atomic E-state index is 0.508. The first-order valence-electron chi connectivity index (χ1n) is 8.72. The van der Waals surface area contributed by atoms with E-state index in [9.17, 15) is 0 Å². The molecule has 0 amide bonds. The Kier molecular flexibility index (Phi) is 5.24. The first kappa shape index (κ1) is 16.9. The predicted molar refractivity (Wildman–Crippen MR) is 107 cm³/mol. The lowest BCUT2D eigenvalue weighted by Gasteiger charge is -2.37. The molecule has 1 fully saturated rings. The van der Waals surface area contributed by atoms with Crippen molar-refractivity contribution in [1.29, 1.82) is 0 Å². The summed E-state index contributed by atoms with van der Waals surface area (Å²) in [6, 6.07) is 4.83. The van der Waals surface area contributed by atoms with Gasteiger partial charge in [0.2, 0.25) is 0 Å². The van der Waals surface area contributed by atoms with E-state index in [1.807, 2.05) is 30.4 Å². The van der Waals surface area contributed by atoms with Crippen molar-refractivity contribution in [2.75, 3.05) is 30.3 Å². The summed E-state index contributed by atoms with van der Waals surface area (Å²) in [7, 11) is 2.05. The summed E-state index contributed by atoms with van der Waals surface area (Å²) in [6.45, 7) is 3.09. The van der Waals surface area contributed by atoms with Gasteiger partial charge in [-0.15, -0.1) is 11.3 Å². The summed E-state index contributed by atoms with van der Waals surface area (Å²) in [5.41, 5.74) is 0. The molecular formula is C18H23N5S2. The fourth-order valence-electron chi connectivity index (χ4n) is 3.38. The van der Waals surface area contributed by atoms with Gasteiger partial charge >= 0.3 is 0 Å². The fraction of sp³-hybridized carbons (Fsp3) is 0.444. The second kappa shape index (κ2) is 7.76. The maximum absolute atomic E-state index is 4.72. The van der Waals surface area contributed by atoms with Gasteiger partial charge in [0, 0.05) is 67.2 Å². The number of rotatable bonds is 6. The Bertz CT molecular complexity index is 828. The Morgan fingerprint density at radius 3 is 3.16 bits per heavy atom. The summed E-state index contributed by atoms with van der Waals surface area (Å²) >= 11 is 3.64. The maximum atomic E-state index is 4.72. The van der Waals surface area contributed by atoms with Crippen molar-refractivity contribution in [2.45, 2.75) is 24.0 Å². The van der Waals surface area contributed by atoms with Crippen molar-refractivity contribution in [3.8, 4) is 0 Å². The lowest BCUT2D eigenvalue weighted by Crippen LogP contribution is -2.51. The van der Waals surface area contributed by atoms with Gasteiger partial charge in [0.25, 0.3) is 0 Å². The van der Waals surface area contributed by atoms with Crippen LogP contribution >= 0.6 is 23.1 Å². The molecule has 1 saturated heterocycles. The Hall–Kier alpha value is -1.57. The molecule has 3 aromatic heterocycles. The number of thioether (sulfide) groups is 1. The van der Waals surface area contributed by atoms with E-state index < -0.39 is 0 Å². The van der Waals surface area contributed by atoms with Crippen molar-refractivity contribution < 1.29 is 0 Å². The molecule has 25 heavy (non-hydrogen) atoms. The van der Waals surface area contributed by atoms with Crippen LogP contribution in [-0.4, -0.2) is 46.0 Å². The third-order valence-electron chi connectivity index (χ3n) is 4.67. The number of nitrogens with one attached hydrogen (secondary N) is 1. The number of thiophene rings is 1. The molecule has 7 heteroatoms. The van der Waals surface area contributed by atoms with E-state index in [1.165, 1.54) is 22.9 Å². The van der Waals surface area contributed by atoms with Crippen molar-refractivity contribution in [1.82, 2.24) is 19.9 Å². The van der Waals surface area contributed by atoms with Gasteiger partial charge in [0.15, 0.2) is 5.16 Å². The lowest BCUT2D eigenvalue weighted by atomic mass is 10.1. The number of aromatic nitrogens is 3. The maximum Gasteiger partial charge on any atom is 0.167 e. The summed E-state index contributed by atoms with van der Waals surface area (Å²) in [6.07, 6.45) is 8.17. The molecular weight excluding hydrogens is 350 g/mol. The first-order valence-corrected chi connectivity index (χ1v) is 10.6. The smallest absolute Gasteiger partial charge is 0.167 e. The Morgan fingerprint density at radius 1 is 1.32 bits per heavy atom. The quantitative estimate of drug-likeness (QED) is 0.530. The van der Waals surface area contributed by atoms with Gasteiger partial charge in [-0.3, -0.25) is 0 Å². The summed E-state index contributed by atoms with van der Waals surface area (Å²) in [5.74, 6) is 2.26. The highest BCUT2D eigenvalue weighted by molar-refractivity contribution is 7.99. The summed E-state index contributed by atoms with van der Waals surface area (Å²) < 4.78 is 3.41. The molecule has 0 saturated carbocycles. The molecule has 0 bridgehead atoms. The number of anilines is 1. The van der Waals surface area contributed by atoms with Crippen LogP contribution in [0.3, 0.4) is 0 Å². The third kappa shape index (κ3) is 3.68. The number of nitrogens with zero attached hydrogens (tertiary/aromatic N) is 4. The zero-order valence-electron chi connectivity index (χ0n) is 14.4. The minimum Gasteiger partial charge on any atom is -0.351 e. The molecule has 0 radical (unpaired) electrons. The molecule has 4 rings (SSSR count). The zero-order valence-corrected chi connectivity index (χ0v) is 16.0. The second-order valence-electron chi connectivity index (χ2n) is 6.33. The highest BCUT2D eigenvalue weighted by Gasteiger charge is 2.24. The molecule has 4 heterocycles. The molecule has 0 aromatic carbocycles. The minimum atomic E-state index is 0.508. The topological polar surface area (TPSA) is 46.0 Å². The van der Waals surface area contributed by atoms with E-state index in [-0.39, 0.29) is 0 Å². The molecule has 1 N–H and O–H groups in total. The molecule has 132 valence electrons. The van der Waals surface area contributed by atoms with Gasteiger partial charge < -0.3 is 14.8 Å². The largest absolute Gasteiger partial charge is 0.351 e. The van der Waals surface area contributed by atoms with Crippen LogP contribution in [0.2, 0.25) is 0 Å². The van der Waals surface area contributed by atoms with Crippen LogP contribution in [0.1, 0.15) is 12.8 Å². The molecule has 0 aliphatic carbocycles. The van der Waals surface area contributed by atoms with Crippen LogP contribution in [0.25, 0.3) is 10.1 Å². The van der Waals surface area contributed by atoms with E-state index >= 15 is 0 Å². The number of hydrogen-bond donors (Lipinski definition) is 1. The fourth-order valence-corrected chi connectivity index (χ4v) is 5.05. The zero-order chi connectivity index (χ0) is 17.1. The van der Waals surface area contributed by atoms with Crippen LogP contribution in [-0.2, 0) is 7.05 Å². The van der Waals surface area contributed by atoms with Gasteiger partial charge in [-0.1, -0.05) is 11.8 Å². The summed E-state index contributed by atoms with van der Waals surface area (Å²) in [4.78, 5) is 11.6. The van der Waals surface area contributed by atoms with Crippen LogP contribution < -0.4 is 10.2 Å². The van der Waals surface area contributed by atoms with E-state index in [0.717, 1.165) is 36.4 Å². The average molecular weight is 374 g/mol.